The molecule has 1 heterocycles. The SMILES string of the molecule is COCCN(C[C@@H]1CN(C[C@H](O)COCc2ccccc2)CCO1)C(=O)c1ccc(F)cc1. The molecule has 2 aromatic carbocycles. The molecule has 33 heavy (non-hydrogen) atoms. The van der Waals surface area contributed by atoms with E-state index >= 15 is 0 Å². The average molecular weight is 461 g/mol. The van der Waals surface area contributed by atoms with Crippen molar-refractivity contribution in [1.29, 1.82) is 0 Å². The Morgan fingerprint density at radius 2 is 2.00 bits per heavy atom. The maximum absolute atomic E-state index is 13.2. The quantitative estimate of drug-likeness (QED) is 0.524. The molecule has 0 saturated carbocycles. The van der Waals surface area contributed by atoms with E-state index in [0.29, 0.717) is 58.1 Å². The molecule has 8 heteroatoms. The average Bonchev–Trinajstić information content (AvgIpc) is 2.83. The van der Waals surface area contributed by atoms with Crippen LogP contribution in [0.2, 0.25) is 0 Å². The van der Waals surface area contributed by atoms with Gasteiger partial charge >= 0.3 is 0 Å². The van der Waals surface area contributed by atoms with Gasteiger partial charge in [-0.05, 0) is 29.8 Å². The van der Waals surface area contributed by atoms with E-state index in [1.165, 1.54) is 24.3 Å². The second kappa shape index (κ2) is 13.4. The van der Waals surface area contributed by atoms with Gasteiger partial charge in [-0.25, -0.2) is 4.39 Å². The first-order valence-electron chi connectivity index (χ1n) is 11.2. The van der Waals surface area contributed by atoms with Crippen LogP contribution in [0.3, 0.4) is 0 Å². The highest BCUT2D eigenvalue weighted by Crippen LogP contribution is 2.12. The third kappa shape index (κ3) is 8.49. The van der Waals surface area contributed by atoms with Crippen LogP contribution in [0, 0.1) is 5.82 Å². The first-order chi connectivity index (χ1) is 16.0. The number of hydrogen-bond donors (Lipinski definition) is 1. The minimum atomic E-state index is -0.613. The van der Waals surface area contributed by atoms with E-state index in [1.54, 1.807) is 12.0 Å². The molecule has 2 atom stereocenters. The monoisotopic (exact) mass is 460 g/mol. The van der Waals surface area contributed by atoms with E-state index in [0.717, 1.165) is 5.56 Å². The van der Waals surface area contributed by atoms with E-state index in [9.17, 15) is 14.3 Å². The predicted molar refractivity (Wildman–Crippen MR) is 122 cm³/mol. The lowest BCUT2D eigenvalue weighted by atomic mass is 10.1. The highest BCUT2D eigenvalue weighted by atomic mass is 19.1. The Hall–Kier alpha value is -2.36. The van der Waals surface area contributed by atoms with Crippen molar-refractivity contribution in [3.8, 4) is 0 Å². The van der Waals surface area contributed by atoms with Gasteiger partial charge in [-0.15, -0.1) is 0 Å². The topological polar surface area (TPSA) is 71.5 Å². The summed E-state index contributed by atoms with van der Waals surface area (Å²) in [6.45, 7) is 4.18. The van der Waals surface area contributed by atoms with E-state index < -0.39 is 6.10 Å². The second-order valence-corrected chi connectivity index (χ2v) is 8.16. The standard InChI is InChI=1S/C25H33FN2O5/c1-31-13-12-28(25(30)21-7-9-22(26)10-8-21)17-24-16-27(11-14-33-24)15-23(29)19-32-18-20-5-3-2-4-6-20/h2-10,23-24,29H,11-19H2,1H3/t23-,24-/m0/s1. The molecular weight excluding hydrogens is 427 g/mol. The summed E-state index contributed by atoms with van der Waals surface area (Å²) in [5.41, 5.74) is 1.49. The molecule has 0 bridgehead atoms. The molecular formula is C25H33FN2O5. The van der Waals surface area contributed by atoms with Crippen LogP contribution in [0.15, 0.2) is 54.6 Å². The third-order valence-corrected chi connectivity index (χ3v) is 5.48. The van der Waals surface area contributed by atoms with Gasteiger partial charge in [0, 0.05) is 45.4 Å². The van der Waals surface area contributed by atoms with Gasteiger partial charge in [-0.3, -0.25) is 9.69 Å². The summed E-state index contributed by atoms with van der Waals surface area (Å²) in [5.74, 6) is -0.574. The fourth-order valence-corrected chi connectivity index (χ4v) is 3.79. The molecule has 180 valence electrons. The van der Waals surface area contributed by atoms with Crippen LogP contribution in [-0.4, -0.2) is 92.7 Å². The normalized spacial score (nSPS) is 17.6. The fourth-order valence-electron chi connectivity index (χ4n) is 3.79. The smallest absolute Gasteiger partial charge is 0.254 e. The Morgan fingerprint density at radius 1 is 1.24 bits per heavy atom. The largest absolute Gasteiger partial charge is 0.389 e. The number of aliphatic hydroxyl groups is 1. The van der Waals surface area contributed by atoms with E-state index in [2.05, 4.69) is 4.90 Å². The number of carbonyl (C=O) groups excluding carboxylic acids is 1. The molecule has 1 fully saturated rings. The maximum atomic E-state index is 13.2. The number of aliphatic hydroxyl groups excluding tert-OH is 1. The molecule has 1 N–H and O–H groups in total. The fraction of sp³-hybridized carbons (Fsp3) is 0.480. The van der Waals surface area contributed by atoms with Crippen LogP contribution >= 0.6 is 0 Å². The molecule has 0 spiro atoms. The molecule has 0 unspecified atom stereocenters. The summed E-state index contributed by atoms with van der Waals surface area (Å²) < 4.78 is 29.9. The molecule has 7 nitrogen and oxygen atoms in total. The number of halogens is 1. The minimum Gasteiger partial charge on any atom is -0.389 e. The molecule has 0 radical (unpaired) electrons. The van der Waals surface area contributed by atoms with Gasteiger partial charge in [0.2, 0.25) is 0 Å². The van der Waals surface area contributed by atoms with Crippen molar-refractivity contribution < 1.29 is 28.5 Å². The molecule has 0 aromatic heterocycles. The summed E-state index contributed by atoms with van der Waals surface area (Å²) in [5, 5.41) is 10.4. The van der Waals surface area contributed by atoms with Crippen LogP contribution in [0.25, 0.3) is 0 Å². The number of hydrogen-bond acceptors (Lipinski definition) is 6. The van der Waals surface area contributed by atoms with Crippen LogP contribution < -0.4 is 0 Å². The number of β-amino-alcohol motifs (C(OH)–C–C–N with tert-alkyl or cyclic N) is 1. The summed E-state index contributed by atoms with van der Waals surface area (Å²) in [4.78, 5) is 16.7. The van der Waals surface area contributed by atoms with Gasteiger partial charge in [-0.1, -0.05) is 30.3 Å². The Labute approximate surface area is 194 Å². The third-order valence-electron chi connectivity index (χ3n) is 5.48. The lowest BCUT2D eigenvalue weighted by molar-refractivity contribution is -0.0605. The number of carbonyl (C=O) groups is 1. The number of benzene rings is 2. The summed E-state index contributed by atoms with van der Waals surface area (Å²) >= 11 is 0. The number of morpholine rings is 1. The van der Waals surface area contributed by atoms with Crippen molar-refractivity contribution in [2.75, 3.05) is 59.7 Å². The summed E-state index contributed by atoms with van der Waals surface area (Å²) in [6, 6.07) is 15.4. The van der Waals surface area contributed by atoms with E-state index in [-0.39, 0.29) is 24.4 Å². The van der Waals surface area contributed by atoms with Gasteiger partial charge < -0.3 is 24.2 Å². The van der Waals surface area contributed by atoms with Crippen molar-refractivity contribution in [3.05, 3.63) is 71.5 Å². The summed E-state index contributed by atoms with van der Waals surface area (Å²) in [6.07, 6.45) is -0.810. The van der Waals surface area contributed by atoms with Gasteiger partial charge in [0.25, 0.3) is 5.91 Å². The zero-order valence-electron chi connectivity index (χ0n) is 19.1. The minimum absolute atomic E-state index is 0.192. The first kappa shape index (κ1) is 25.3. The Balaban J connectivity index is 1.48. The number of rotatable bonds is 12. The number of amides is 1. The van der Waals surface area contributed by atoms with Crippen LogP contribution in [-0.2, 0) is 20.8 Å². The first-order valence-corrected chi connectivity index (χ1v) is 11.2. The van der Waals surface area contributed by atoms with Crippen LogP contribution in [0.4, 0.5) is 4.39 Å². The highest BCUT2D eigenvalue weighted by molar-refractivity contribution is 5.94. The molecule has 3 rings (SSSR count). The van der Waals surface area contributed by atoms with E-state index in [1.807, 2.05) is 30.3 Å². The predicted octanol–water partition coefficient (Wildman–Crippen LogP) is 2.19. The van der Waals surface area contributed by atoms with Gasteiger partial charge in [0.05, 0.1) is 38.6 Å². The maximum Gasteiger partial charge on any atom is 0.254 e. The zero-order chi connectivity index (χ0) is 23.5. The van der Waals surface area contributed by atoms with Crippen molar-refractivity contribution >= 4 is 5.91 Å². The zero-order valence-corrected chi connectivity index (χ0v) is 19.1. The molecule has 1 aliphatic heterocycles. The van der Waals surface area contributed by atoms with Gasteiger partial charge in [0.15, 0.2) is 0 Å². The molecule has 1 aliphatic rings. The lowest BCUT2D eigenvalue weighted by Gasteiger charge is -2.36. The molecule has 2 aromatic rings. The van der Waals surface area contributed by atoms with Crippen molar-refractivity contribution in [3.63, 3.8) is 0 Å². The van der Waals surface area contributed by atoms with Crippen LogP contribution in [0.1, 0.15) is 15.9 Å². The van der Waals surface area contributed by atoms with Crippen molar-refractivity contribution in [2.45, 2.75) is 18.8 Å². The second-order valence-electron chi connectivity index (χ2n) is 8.16. The number of ether oxygens (including phenoxy) is 3. The number of nitrogens with zero attached hydrogens (tertiary/aromatic N) is 2. The van der Waals surface area contributed by atoms with Crippen LogP contribution in [0.5, 0.6) is 0 Å². The summed E-state index contributed by atoms with van der Waals surface area (Å²) in [7, 11) is 1.58. The molecule has 1 saturated heterocycles. The Bertz CT molecular complexity index is 836. The molecule has 1 amide bonds. The number of methoxy groups -OCH3 is 1. The molecule has 0 aliphatic carbocycles. The van der Waals surface area contributed by atoms with Gasteiger partial charge in [0.1, 0.15) is 5.82 Å². The Kier molecular flexibility index (Phi) is 10.2. The van der Waals surface area contributed by atoms with E-state index in [4.69, 9.17) is 14.2 Å². The highest BCUT2D eigenvalue weighted by Gasteiger charge is 2.26. The van der Waals surface area contributed by atoms with Crippen molar-refractivity contribution in [2.24, 2.45) is 0 Å². The van der Waals surface area contributed by atoms with Crippen molar-refractivity contribution in [1.82, 2.24) is 9.80 Å². The lowest BCUT2D eigenvalue weighted by Crippen LogP contribution is -2.51. The Morgan fingerprint density at radius 3 is 2.73 bits per heavy atom. The van der Waals surface area contributed by atoms with Gasteiger partial charge in [-0.2, -0.15) is 0 Å².